The third kappa shape index (κ3) is 5.53. The molecule has 0 radical (unpaired) electrons. The van der Waals surface area contributed by atoms with Gasteiger partial charge in [-0.2, -0.15) is 10.1 Å². The van der Waals surface area contributed by atoms with Crippen molar-refractivity contribution in [1.82, 2.24) is 30.0 Å². The number of nitrogens with zero attached hydrogens (tertiary/aromatic N) is 5. The van der Waals surface area contributed by atoms with E-state index in [1.54, 1.807) is 12.4 Å². The Bertz CT molecular complexity index is 1410. The van der Waals surface area contributed by atoms with Crippen LogP contribution in [0.25, 0.3) is 21.9 Å². The number of carbonyl (C=O) groups is 1. The Kier molecular flexibility index (Phi) is 7.94. The molecule has 5 rings (SSSR count). The van der Waals surface area contributed by atoms with Crippen LogP contribution in [0.4, 0.5) is 11.8 Å². The molecule has 0 saturated carbocycles. The molecule has 0 spiro atoms. The fourth-order valence-electron chi connectivity index (χ4n) is 5.05. The molecule has 200 valence electrons. The van der Waals surface area contributed by atoms with Crippen molar-refractivity contribution in [1.29, 1.82) is 0 Å². The molecule has 11 nitrogen and oxygen atoms in total. The van der Waals surface area contributed by atoms with E-state index in [4.69, 9.17) is 10.5 Å². The molecule has 0 unspecified atom stereocenters. The standard InChI is InChI=1S/C27H34N8O3/c1-2-4-18(8-12-36)31-25-24-22(33-27(28)34-25)15-30-35(24)16-17-6-7-21(20-5-3-11-29-23(17)20)26(37)32-19-9-13-38-14-10-19/h3,5-7,11,15,18-19,36H,2,4,8-10,12-14,16H2,1H3,(H,32,37)(H3,28,31,33,34)/t18-/m0/s1. The number of pyridine rings is 1. The molecule has 1 aromatic carbocycles. The number of amides is 1. The van der Waals surface area contributed by atoms with Gasteiger partial charge < -0.3 is 26.2 Å². The van der Waals surface area contributed by atoms with E-state index in [1.165, 1.54) is 0 Å². The zero-order valence-corrected chi connectivity index (χ0v) is 21.6. The number of nitrogens with two attached hydrogens (primary N) is 1. The minimum Gasteiger partial charge on any atom is -0.396 e. The number of fused-ring (bicyclic) bond motifs is 2. The number of anilines is 2. The number of benzene rings is 1. The van der Waals surface area contributed by atoms with Crippen molar-refractivity contribution >= 4 is 39.6 Å². The number of hydrogen-bond acceptors (Lipinski definition) is 9. The Morgan fingerprint density at radius 2 is 2.08 bits per heavy atom. The van der Waals surface area contributed by atoms with E-state index in [1.807, 2.05) is 28.9 Å². The highest BCUT2D eigenvalue weighted by Crippen LogP contribution is 2.27. The van der Waals surface area contributed by atoms with Crippen LogP contribution >= 0.6 is 0 Å². The van der Waals surface area contributed by atoms with E-state index in [0.29, 0.717) is 43.1 Å². The van der Waals surface area contributed by atoms with Crippen LogP contribution in [0.5, 0.6) is 0 Å². The van der Waals surface area contributed by atoms with Crippen molar-refractivity contribution in [3.8, 4) is 0 Å². The first-order valence-corrected chi connectivity index (χ1v) is 13.2. The first kappa shape index (κ1) is 25.8. The minimum absolute atomic E-state index is 0.0434. The first-order valence-electron chi connectivity index (χ1n) is 13.2. The van der Waals surface area contributed by atoms with Gasteiger partial charge in [-0.25, -0.2) is 4.98 Å². The Morgan fingerprint density at radius 3 is 2.87 bits per heavy atom. The van der Waals surface area contributed by atoms with Crippen LogP contribution in [0.1, 0.15) is 54.9 Å². The SMILES string of the molecule is CCC[C@@H](CCO)Nc1nc(N)nc2cnn(Cc3ccc(C(=O)NC4CCOCC4)c4cccnc34)c12. The smallest absolute Gasteiger partial charge is 0.252 e. The summed E-state index contributed by atoms with van der Waals surface area (Å²) in [6.07, 6.45) is 7.47. The van der Waals surface area contributed by atoms with Crippen molar-refractivity contribution in [3.63, 3.8) is 0 Å². The molecule has 0 aliphatic carbocycles. The average molecular weight is 519 g/mol. The van der Waals surface area contributed by atoms with E-state index in [0.717, 1.165) is 47.7 Å². The Morgan fingerprint density at radius 1 is 1.24 bits per heavy atom. The van der Waals surface area contributed by atoms with Crippen molar-refractivity contribution < 1.29 is 14.6 Å². The highest BCUT2D eigenvalue weighted by Gasteiger charge is 2.21. The maximum Gasteiger partial charge on any atom is 0.252 e. The highest BCUT2D eigenvalue weighted by atomic mass is 16.5. The third-order valence-corrected chi connectivity index (χ3v) is 6.94. The molecule has 1 amide bonds. The number of rotatable bonds is 10. The molecular weight excluding hydrogens is 484 g/mol. The number of nitrogen functional groups attached to an aromatic ring is 1. The molecular formula is C27H34N8O3. The van der Waals surface area contributed by atoms with Gasteiger partial charge in [-0.3, -0.25) is 14.5 Å². The summed E-state index contributed by atoms with van der Waals surface area (Å²) in [6.45, 7) is 3.91. The maximum atomic E-state index is 13.2. The van der Waals surface area contributed by atoms with Crippen molar-refractivity contribution in [3.05, 3.63) is 47.8 Å². The molecule has 11 heteroatoms. The van der Waals surface area contributed by atoms with E-state index in [-0.39, 0.29) is 30.5 Å². The summed E-state index contributed by atoms with van der Waals surface area (Å²) < 4.78 is 7.24. The van der Waals surface area contributed by atoms with Crippen LogP contribution in [-0.2, 0) is 11.3 Å². The van der Waals surface area contributed by atoms with Crippen LogP contribution in [0, 0.1) is 0 Å². The Labute approximate surface area is 220 Å². The Balaban J connectivity index is 1.48. The molecule has 1 fully saturated rings. The molecule has 1 aliphatic rings. The molecule has 3 aromatic heterocycles. The number of aliphatic hydroxyl groups excluding tert-OH is 1. The summed E-state index contributed by atoms with van der Waals surface area (Å²) in [5, 5.41) is 21.5. The molecule has 5 N–H and O–H groups in total. The zero-order valence-electron chi connectivity index (χ0n) is 21.6. The second-order valence-corrected chi connectivity index (χ2v) is 9.64. The van der Waals surface area contributed by atoms with Gasteiger partial charge in [0.25, 0.3) is 5.91 Å². The quantitative estimate of drug-likeness (QED) is 0.248. The highest BCUT2D eigenvalue weighted by molar-refractivity contribution is 6.07. The van der Waals surface area contributed by atoms with Gasteiger partial charge in [0.15, 0.2) is 5.82 Å². The summed E-state index contributed by atoms with van der Waals surface area (Å²) >= 11 is 0. The van der Waals surface area contributed by atoms with Crippen molar-refractivity contribution in [2.45, 2.75) is 57.7 Å². The molecule has 4 heterocycles. The minimum atomic E-state index is -0.104. The topological polar surface area (TPSA) is 153 Å². The predicted octanol–water partition coefficient (Wildman–Crippen LogP) is 2.88. The molecule has 0 bridgehead atoms. The van der Waals surface area contributed by atoms with E-state index < -0.39 is 0 Å². The molecule has 1 aliphatic heterocycles. The second-order valence-electron chi connectivity index (χ2n) is 9.64. The molecule has 38 heavy (non-hydrogen) atoms. The van der Waals surface area contributed by atoms with E-state index in [9.17, 15) is 9.90 Å². The number of nitrogens with one attached hydrogen (secondary N) is 2. The predicted molar refractivity (Wildman–Crippen MR) is 146 cm³/mol. The van der Waals surface area contributed by atoms with Gasteiger partial charge in [0.05, 0.1) is 18.3 Å². The fourth-order valence-corrected chi connectivity index (χ4v) is 5.05. The van der Waals surface area contributed by atoms with Gasteiger partial charge in [-0.15, -0.1) is 0 Å². The maximum absolute atomic E-state index is 13.2. The van der Waals surface area contributed by atoms with Crippen molar-refractivity contribution in [2.75, 3.05) is 30.9 Å². The summed E-state index contributed by atoms with van der Waals surface area (Å²) in [6, 6.07) is 7.70. The van der Waals surface area contributed by atoms with Crippen LogP contribution in [0.15, 0.2) is 36.7 Å². The Hall–Kier alpha value is -3.83. The van der Waals surface area contributed by atoms with Gasteiger partial charge in [-0.05, 0) is 43.4 Å². The van der Waals surface area contributed by atoms with Crippen LogP contribution in [-0.4, -0.2) is 67.7 Å². The fraction of sp³-hybridized carbons (Fsp3) is 0.444. The summed E-state index contributed by atoms with van der Waals surface area (Å²) in [5.41, 5.74) is 9.60. The van der Waals surface area contributed by atoms with Gasteiger partial charge in [-0.1, -0.05) is 25.5 Å². The molecule has 4 aromatic rings. The first-order chi connectivity index (χ1) is 18.6. The third-order valence-electron chi connectivity index (χ3n) is 6.94. The average Bonchev–Trinajstić information content (AvgIpc) is 3.32. The number of ether oxygens (including phenoxy) is 1. The lowest BCUT2D eigenvalue weighted by Crippen LogP contribution is -2.39. The van der Waals surface area contributed by atoms with Crippen LogP contribution in [0.3, 0.4) is 0 Å². The summed E-state index contributed by atoms with van der Waals surface area (Å²) in [4.78, 5) is 26.6. The zero-order chi connectivity index (χ0) is 26.5. The molecule has 1 saturated heterocycles. The number of aliphatic hydroxyl groups is 1. The number of hydrogen-bond donors (Lipinski definition) is 4. The van der Waals surface area contributed by atoms with E-state index >= 15 is 0 Å². The normalized spacial score (nSPS) is 15.1. The second kappa shape index (κ2) is 11.7. The summed E-state index contributed by atoms with van der Waals surface area (Å²) in [7, 11) is 0. The summed E-state index contributed by atoms with van der Waals surface area (Å²) in [5.74, 6) is 0.639. The van der Waals surface area contributed by atoms with Gasteiger partial charge in [0.1, 0.15) is 11.0 Å². The van der Waals surface area contributed by atoms with E-state index in [2.05, 4.69) is 37.6 Å². The van der Waals surface area contributed by atoms with Crippen LogP contribution < -0.4 is 16.4 Å². The molecule has 1 atom stereocenters. The monoisotopic (exact) mass is 518 g/mol. The number of aromatic nitrogens is 5. The van der Waals surface area contributed by atoms with Crippen molar-refractivity contribution in [2.24, 2.45) is 0 Å². The lowest BCUT2D eigenvalue weighted by molar-refractivity contribution is 0.0697. The lowest BCUT2D eigenvalue weighted by atomic mass is 10.0. The van der Waals surface area contributed by atoms with Gasteiger partial charge >= 0.3 is 0 Å². The van der Waals surface area contributed by atoms with Crippen LogP contribution in [0.2, 0.25) is 0 Å². The lowest BCUT2D eigenvalue weighted by Gasteiger charge is -2.23. The van der Waals surface area contributed by atoms with Gasteiger partial charge in [0.2, 0.25) is 5.95 Å². The largest absolute Gasteiger partial charge is 0.396 e. The van der Waals surface area contributed by atoms with Gasteiger partial charge in [0, 0.05) is 49.1 Å². The number of carbonyl (C=O) groups excluding carboxylic acids is 1.